The van der Waals surface area contributed by atoms with Crippen LogP contribution in [0, 0.1) is 0 Å². The lowest BCUT2D eigenvalue weighted by Crippen LogP contribution is -2.52. The molecule has 0 atom stereocenters. The summed E-state index contributed by atoms with van der Waals surface area (Å²) < 4.78 is 22.8. The molecule has 0 saturated carbocycles. The van der Waals surface area contributed by atoms with E-state index in [9.17, 15) is 13.2 Å². The molecular weight excluding hydrogens is 372 g/mol. The van der Waals surface area contributed by atoms with E-state index in [-0.39, 0.29) is 18.2 Å². The monoisotopic (exact) mass is 400 g/mol. The molecule has 3 rings (SSSR count). The summed E-state index contributed by atoms with van der Waals surface area (Å²) in [6, 6.07) is 20.2. The molecule has 150 valence electrons. The number of sulfone groups is 1. The summed E-state index contributed by atoms with van der Waals surface area (Å²) in [6.07, 6.45) is 2.62. The molecule has 0 radical (unpaired) electrons. The topological polar surface area (TPSA) is 66.5 Å². The Hall–Kier alpha value is -2.18. The number of nitrogens with one attached hydrogen (secondary N) is 1. The lowest BCUT2D eigenvalue weighted by Gasteiger charge is -2.41. The molecule has 1 amide bonds. The van der Waals surface area contributed by atoms with E-state index in [1.165, 1.54) is 11.8 Å². The third-order valence-corrected chi connectivity index (χ3v) is 6.42. The maximum absolute atomic E-state index is 13.1. The molecule has 6 heteroatoms. The molecule has 0 bridgehead atoms. The second-order valence-electron chi connectivity index (χ2n) is 7.60. The van der Waals surface area contributed by atoms with Crippen LogP contribution in [0.4, 0.5) is 0 Å². The van der Waals surface area contributed by atoms with Gasteiger partial charge in [-0.05, 0) is 37.1 Å². The number of nitrogens with zero attached hydrogens (tertiary/aromatic N) is 1. The predicted octanol–water partition coefficient (Wildman–Crippen LogP) is 2.38. The van der Waals surface area contributed by atoms with Gasteiger partial charge >= 0.3 is 0 Å². The molecule has 1 heterocycles. The Labute approximate surface area is 167 Å². The Morgan fingerprint density at radius 3 is 2.14 bits per heavy atom. The van der Waals surface area contributed by atoms with Crippen LogP contribution < -0.4 is 5.32 Å². The molecule has 1 aliphatic heterocycles. The van der Waals surface area contributed by atoms with Crippen molar-refractivity contribution in [3.8, 4) is 0 Å². The Kier molecular flexibility index (Phi) is 6.52. The van der Waals surface area contributed by atoms with Crippen LogP contribution >= 0.6 is 0 Å². The van der Waals surface area contributed by atoms with Gasteiger partial charge in [-0.2, -0.15) is 0 Å². The van der Waals surface area contributed by atoms with Crippen LogP contribution in [0.25, 0.3) is 0 Å². The van der Waals surface area contributed by atoms with E-state index in [0.29, 0.717) is 12.8 Å². The molecule has 0 unspecified atom stereocenters. The standard InChI is InChI=1S/C22H28N2O3S/c1-28(26,27)17-14-23-21(25)22(20-10-6-3-7-11-20)12-15-24(16-13-22)18-19-8-4-2-5-9-19/h2-11H,12-18H2,1H3,(H,23,25). The van der Waals surface area contributed by atoms with Crippen molar-refractivity contribution in [3.63, 3.8) is 0 Å². The van der Waals surface area contributed by atoms with Gasteiger partial charge in [0.2, 0.25) is 5.91 Å². The minimum atomic E-state index is -3.10. The van der Waals surface area contributed by atoms with Gasteiger partial charge in [-0.25, -0.2) is 8.42 Å². The quantitative estimate of drug-likeness (QED) is 0.775. The zero-order chi connectivity index (χ0) is 20.0. The largest absolute Gasteiger partial charge is 0.354 e. The van der Waals surface area contributed by atoms with E-state index >= 15 is 0 Å². The van der Waals surface area contributed by atoms with Gasteiger partial charge in [0.25, 0.3) is 0 Å². The van der Waals surface area contributed by atoms with Crippen LogP contribution in [0.3, 0.4) is 0 Å². The predicted molar refractivity (Wildman–Crippen MR) is 112 cm³/mol. The first kappa shape index (κ1) is 20.6. The molecule has 28 heavy (non-hydrogen) atoms. The fourth-order valence-electron chi connectivity index (χ4n) is 3.86. The molecule has 0 aliphatic carbocycles. The van der Waals surface area contributed by atoms with Gasteiger partial charge in [0, 0.05) is 19.3 Å². The van der Waals surface area contributed by atoms with Crippen molar-refractivity contribution in [1.29, 1.82) is 0 Å². The summed E-state index contributed by atoms with van der Waals surface area (Å²) in [7, 11) is -3.10. The normalized spacial score (nSPS) is 17.2. The maximum atomic E-state index is 13.1. The highest BCUT2D eigenvalue weighted by Gasteiger charge is 2.42. The van der Waals surface area contributed by atoms with Crippen LogP contribution in [-0.4, -0.2) is 50.9 Å². The average molecular weight is 401 g/mol. The van der Waals surface area contributed by atoms with Crippen molar-refractivity contribution >= 4 is 15.7 Å². The van der Waals surface area contributed by atoms with E-state index < -0.39 is 15.3 Å². The van der Waals surface area contributed by atoms with Crippen molar-refractivity contribution in [1.82, 2.24) is 10.2 Å². The fraction of sp³-hybridized carbons (Fsp3) is 0.409. The lowest BCUT2D eigenvalue weighted by molar-refractivity contribution is -0.128. The van der Waals surface area contributed by atoms with Crippen LogP contribution in [0.15, 0.2) is 60.7 Å². The number of carbonyl (C=O) groups excluding carboxylic acids is 1. The molecule has 1 aliphatic rings. The third kappa shape index (κ3) is 5.20. The average Bonchev–Trinajstić information content (AvgIpc) is 2.69. The lowest BCUT2D eigenvalue weighted by atomic mass is 9.72. The molecule has 2 aromatic carbocycles. The van der Waals surface area contributed by atoms with Crippen LogP contribution in [0.1, 0.15) is 24.0 Å². The second-order valence-corrected chi connectivity index (χ2v) is 9.86. The van der Waals surface area contributed by atoms with E-state index in [1.54, 1.807) is 0 Å². The SMILES string of the molecule is CS(=O)(=O)CCNC(=O)C1(c2ccccc2)CCN(Cc2ccccc2)CC1. The number of likely N-dealkylation sites (tertiary alicyclic amines) is 1. The van der Waals surface area contributed by atoms with Gasteiger partial charge in [-0.15, -0.1) is 0 Å². The fourth-order valence-corrected chi connectivity index (χ4v) is 4.33. The first-order valence-corrected chi connectivity index (χ1v) is 11.7. The number of rotatable bonds is 7. The highest BCUT2D eigenvalue weighted by atomic mass is 32.2. The van der Waals surface area contributed by atoms with Gasteiger partial charge < -0.3 is 5.32 Å². The Balaban J connectivity index is 1.71. The number of hydrogen-bond donors (Lipinski definition) is 1. The van der Waals surface area contributed by atoms with Crippen molar-refractivity contribution in [2.24, 2.45) is 0 Å². The maximum Gasteiger partial charge on any atom is 0.230 e. The Morgan fingerprint density at radius 1 is 1.00 bits per heavy atom. The van der Waals surface area contributed by atoms with Gasteiger partial charge in [-0.1, -0.05) is 60.7 Å². The zero-order valence-corrected chi connectivity index (χ0v) is 17.1. The zero-order valence-electron chi connectivity index (χ0n) is 16.3. The van der Waals surface area contributed by atoms with Gasteiger partial charge in [-0.3, -0.25) is 9.69 Å². The van der Waals surface area contributed by atoms with Crippen LogP contribution in [-0.2, 0) is 26.6 Å². The third-order valence-electron chi connectivity index (χ3n) is 5.48. The molecule has 1 saturated heterocycles. The number of hydrogen-bond acceptors (Lipinski definition) is 4. The smallest absolute Gasteiger partial charge is 0.230 e. The number of carbonyl (C=O) groups is 1. The Bertz CT molecular complexity index is 875. The molecule has 5 nitrogen and oxygen atoms in total. The summed E-state index contributed by atoms with van der Waals surface area (Å²) in [4.78, 5) is 15.5. The van der Waals surface area contributed by atoms with Crippen molar-refractivity contribution in [3.05, 3.63) is 71.8 Å². The molecule has 2 aromatic rings. The number of piperidine rings is 1. The molecule has 0 spiro atoms. The van der Waals surface area contributed by atoms with Crippen molar-refractivity contribution in [2.45, 2.75) is 24.8 Å². The van der Waals surface area contributed by atoms with Crippen molar-refractivity contribution in [2.75, 3.05) is 31.6 Å². The highest BCUT2D eigenvalue weighted by molar-refractivity contribution is 7.90. The van der Waals surface area contributed by atoms with Crippen molar-refractivity contribution < 1.29 is 13.2 Å². The summed E-state index contributed by atoms with van der Waals surface area (Å²) >= 11 is 0. The minimum absolute atomic E-state index is 0.0380. The first-order valence-electron chi connectivity index (χ1n) is 9.67. The van der Waals surface area contributed by atoms with Gasteiger partial charge in [0.15, 0.2) is 0 Å². The van der Waals surface area contributed by atoms with Crippen LogP contribution in [0.5, 0.6) is 0 Å². The van der Waals surface area contributed by atoms with Gasteiger partial charge in [0.1, 0.15) is 9.84 Å². The molecule has 0 aromatic heterocycles. The minimum Gasteiger partial charge on any atom is -0.354 e. The van der Waals surface area contributed by atoms with E-state index in [4.69, 9.17) is 0 Å². The summed E-state index contributed by atoms with van der Waals surface area (Å²) in [5.41, 5.74) is 1.67. The molecule has 1 N–H and O–H groups in total. The number of amides is 1. The first-order chi connectivity index (χ1) is 13.4. The Morgan fingerprint density at radius 2 is 1.57 bits per heavy atom. The summed E-state index contributed by atoms with van der Waals surface area (Å²) in [5.74, 6) is -0.106. The summed E-state index contributed by atoms with van der Waals surface area (Å²) in [6.45, 7) is 2.67. The number of benzene rings is 2. The van der Waals surface area contributed by atoms with Crippen LogP contribution in [0.2, 0.25) is 0 Å². The van der Waals surface area contributed by atoms with E-state index in [1.807, 2.05) is 48.5 Å². The van der Waals surface area contributed by atoms with E-state index in [0.717, 1.165) is 25.2 Å². The second kappa shape index (κ2) is 8.88. The molecule has 1 fully saturated rings. The van der Waals surface area contributed by atoms with Gasteiger partial charge in [0.05, 0.1) is 11.2 Å². The van der Waals surface area contributed by atoms with E-state index in [2.05, 4.69) is 22.3 Å². The highest BCUT2D eigenvalue weighted by Crippen LogP contribution is 2.36. The molecular formula is C22H28N2O3S. The summed E-state index contributed by atoms with van der Waals surface area (Å²) in [5, 5.41) is 2.88.